The summed E-state index contributed by atoms with van der Waals surface area (Å²) in [5.74, 6) is -34.4. The Labute approximate surface area is 673 Å². The van der Waals surface area contributed by atoms with E-state index >= 15 is 0 Å². The second-order valence-electron chi connectivity index (χ2n) is 24.5. The first kappa shape index (κ1) is 90.3. The summed E-state index contributed by atoms with van der Waals surface area (Å²) in [5, 5.41) is 356. The van der Waals surface area contributed by atoms with Crippen molar-refractivity contribution in [1.29, 1.82) is 0 Å². The quantitative estimate of drug-likeness (QED) is 0.0361. The Balaban J connectivity index is 0.000000202. The minimum absolute atomic E-state index is 0.224. The molecule has 44 nitrogen and oxygen atoms in total. The van der Waals surface area contributed by atoms with Crippen LogP contribution in [0, 0.1) is 0 Å². The summed E-state index contributed by atoms with van der Waals surface area (Å²) in [6, 6.07) is 18.3. The second kappa shape index (κ2) is 35.6. The zero-order valence-corrected chi connectivity index (χ0v) is 60.1. The molecule has 0 atom stereocenters. The molecular weight excluding hydrogens is 1640 g/mol. The first-order valence-corrected chi connectivity index (χ1v) is 32.4. The Morgan fingerprint density at radius 3 is 0.615 bits per heavy atom. The van der Waals surface area contributed by atoms with E-state index in [2.05, 4.69) is 0 Å². The van der Waals surface area contributed by atoms with Gasteiger partial charge in [0.15, 0.2) is 173 Å². The van der Waals surface area contributed by atoms with Crippen molar-refractivity contribution in [2.75, 3.05) is 0 Å². The lowest BCUT2D eigenvalue weighted by molar-refractivity contribution is 0.102. The third kappa shape index (κ3) is 19.1. The van der Waals surface area contributed by atoms with Gasteiger partial charge in [0, 0.05) is 59.2 Å². The fourth-order valence-corrected chi connectivity index (χ4v) is 10.1. The highest BCUT2D eigenvalue weighted by atomic mass is 16.4. The second-order valence-corrected chi connectivity index (χ2v) is 24.5. The number of phenols is 38. The van der Waals surface area contributed by atoms with Crippen LogP contribution in [0.15, 0.2) is 133 Å². The van der Waals surface area contributed by atoms with Crippen LogP contribution < -0.4 is 0 Å². The van der Waals surface area contributed by atoms with E-state index in [0.29, 0.717) is 12.1 Å². The molecule has 0 saturated heterocycles. The molecule has 0 spiro atoms. The highest BCUT2D eigenvalue weighted by Gasteiger charge is 2.32. The molecular formula is C78H60O44. The summed E-state index contributed by atoms with van der Waals surface area (Å²) in [6.07, 6.45) is 0. The van der Waals surface area contributed by atoms with E-state index in [0.717, 1.165) is 121 Å². The van der Waals surface area contributed by atoms with Gasteiger partial charge >= 0.3 is 0 Å². The smallest absolute Gasteiger partial charge is 0.208 e. The number of benzene rings is 12. The van der Waals surface area contributed by atoms with Crippen LogP contribution in [-0.2, 0) is 0 Å². The van der Waals surface area contributed by atoms with E-state index in [1.54, 1.807) is 0 Å². The predicted molar refractivity (Wildman–Crippen MR) is 401 cm³/mol. The summed E-state index contributed by atoms with van der Waals surface area (Å²) in [5.41, 5.74) is -5.46. The summed E-state index contributed by atoms with van der Waals surface area (Å²) in [4.78, 5) is 72.8. The fourth-order valence-electron chi connectivity index (χ4n) is 10.1. The lowest BCUT2D eigenvalue weighted by atomic mass is 9.98. The van der Waals surface area contributed by atoms with Gasteiger partial charge in [0.25, 0.3) is 0 Å². The molecule has 122 heavy (non-hydrogen) atoms. The molecule has 0 bridgehead atoms. The zero-order valence-electron chi connectivity index (χ0n) is 60.1. The maximum atomic E-state index is 12.2. The van der Waals surface area contributed by atoms with Crippen molar-refractivity contribution in [2.45, 2.75) is 0 Å². The molecule has 12 rings (SSSR count). The van der Waals surface area contributed by atoms with E-state index in [-0.39, 0.29) is 27.8 Å². The number of carbonyl (C=O) groups excluding carboxylic acids is 6. The van der Waals surface area contributed by atoms with Crippen LogP contribution in [0.2, 0.25) is 0 Å². The Morgan fingerprint density at radius 1 is 0.131 bits per heavy atom. The Morgan fingerprint density at radius 2 is 0.336 bits per heavy atom. The molecule has 44 heteroatoms. The first-order chi connectivity index (χ1) is 56.7. The van der Waals surface area contributed by atoms with Crippen LogP contribution >= 0.6 is 0 Å². The van der Waals surface area contributed by atoms with E-state index in [1.165, 1.54) is 0 Å². The number of aromatic hydroxyl groups is 38. The third-order valence-corrected chi connectivity index (χ3v) is 16.3. The Bertz CT molecular complexity index is 6040. The highest BCUT2D eigenvalue weighted by molar-refractivity contribution is 6.17. The van der Waals surface area contributed by atoms with Crippen molar-refractivity contribution in [3.63, 3.8) is 0 Å². The Hall–Kier alpha value is -18.9. The van der Waals surface area contributed by atoms with Crippen LogP contribution in [0.3, 0.4) is 0 Å². The van der Waals surface area contributed by atoms with Crippen molar-refractivity contribution >= 4 is 34.7 Å². The van der Waals surface area contributed by atoms with Crippen LogP contribution in [-0.4, -0.2) is 229 Å². The third-order valence-electron chi connectivity index (χ3n) is 16.3. The average molecular weight is 1700 g/mol. The topological polar surface area (TPSA) is 871 Å². The lowest BCUT2D eigenvalue weighted by Crippen LogP contribution is -2.03. The Kier molecular flexibility index (Phi) is 26.4. The molecule has 0 aromatic heterocycles. The van der Waals surface area contributed by atoms with Gasteiger partial charge in [-0.3, -0.25) is 28.8 Å². The fraction of sp³-hybridized carbons (Fsp3) is 0. The van der Waals surface area contributed by atoms with Crippen LogP contribution in [0.25, 0.3) is 0 Å². The van der Waals surface area contributed by atoms with Gasteiger partial charge in [-0.05, 0) is 91.0 Å². The van der Waals surface area contributed by atoms with Gasteiger partial charge in [-0.2, -0.15) is 0 Å². The summed E-state index contributed by atoms with van der Waals surface area (Å²) in [7, 11) is 0. The van der Waals surface area contributed by atoms with E-state index in [9.17, 15) is 207 Å². The molecule has 0 saturated carbocycles. The zero-order chi connectivity index (χ0) is 91.9. The largest absolute Gasteiger partial charge is 0.508 e. The van der Waals surface area contributed by atoms with E-state index in [4.69, 9.17) is 15.3 Å². The van der Waals surface area contributed by atoms with Crippen molar-refractivity contribution in [3.8, 4) is 218 Å². The molecule has 0 aliphatic heterocycles. The van der Waals surface area contributed by atoms with Gasteiger partial charge in [0.05, 0.1) is 38.9 Å². The molecule has 0 aliphatic rings. The molecule has 12 aromatic rings. The van der Waals surface area contributed by atoms with Gasteiger partial charge in [-0.1, -0.05) is 0 Å². The summed E-state index contributed by atoms with van der Waals surface area (Å²) < 4.78 is 0. The number of ketones is 6. The molecule has 636 valence electrons. The first-order valence-electron chi connectivity index (χ1n) is 32.4. The maximum Gasteiger partial charge on any atom is 0.208 e. The molecule has 0 unspecified atom stereocenters. The van der Waals surface area contributed by atoms with Gasteiger partial charge in [-0.15, -0.1) is 0 Å². The van der Waals surface area contributed by atoms with Gasteiger partial charge in [-0.25, -0.2) is 0 Å². The molecule has 0 aliphatic carbocycles. The van der Waals surface area contributed by atoms with Gasteiger partial charge in [0.2, 0.25) is 34.6 Å². The average Bonchev–Trinajstić information content (AvgIpc) is 0.775. The van der Waals surface area contributed by atoms with Crippen molar-refractivity contribution in [2.24, 2.45) is 0 Å². The van der Waals surface area contributed by atoms with Gasteiger partial charge < -0.3 is 194 Å². The highest BCUT2D eigenvalue weighted by Crippen LogP contribution is 2.53. The molecule has 38 N–H and O–H groups in total. The summed E-state index contributed by atoms with van der Waals surface area (Å²) in [6.45, 7) is 0. The molecule has 0 heterocycles. The van der Waals surface area contributed by atoms with Gasteiger partial charge in [0.1, 0.15) is 57.1 Å². The normalized spacial score (nSPS) is 10.4. The van der Waals surface area contributed by atoms with Crippen molar-refractivity contribution < 1.29 is 223 Å². The maximum absolute atomic E-state index is 12.2. The number of hydrogen-bond acceptors (Lipinski definition) is 44. The van der Waals surface area contributed by atoms with Crippen LogP contribution in [0.1, 0.15) is 95.5 Å². The molecule has 12 aromatic carbocycles. The predicted octanol–water partition coefficient (Wildman–Crippen LogP) is 6.32. The molecule has 0 fully saturated rings. The lowest BCUT2D eigenvalue weighted by Gasteiger charge is -2.12. The van der Waals surface area contributed by atoms with Crippen molar-refractivity contribution in [3.05, 3.63) is 200 Å². The minimum Gasteiger partial charge on any atom is -0.508 e. The number of carbonyl (C=O) groups is 6. The molecule has 0 amide bonds. The van der Waals surface area contributed by atoms with E-state index in [1.807, 2.05) is 0 Å². The molecule has 0 radical (unpaired) electrons. The van der Waals surface area contributed by atoms with Crippen LogP contribution in [0.4, 0.5) is 0 Å². The standard InChI is InChI=1S/C13H10O9.5C13H10O7/c14-4-2-6(16)5(15)1-3(4)8(17)7-9(18)11(20)13(22)12(21)10(7)19;2*14-7-4-9(16)8(15)3-6(7)12(19)5-1-10(17)13(20)11(18)2-5;14-5-1-7(13(20)11(18)2-5)12(19)6-3-9(16)10(17)4-8(6)15;14-6-3-7(12(19)10(17)4-6)11(18)5-1-8(15)13(20)9(16)2-5;14-6-1-2-7(15)13(20)11(6)12(19)5-3-9(17)10(18)4-8(5)16/h1-2,14-16,18-22H;3*1-4,14-18,20H;1-4,14-17,19-20H;1-4,14-18,20H. The number of hydrogen-bond donors (Lipinski definition) is 38. The van der Waals surface area contributed by atoms with Crippen molar-refractivity contribution in [1.82, 2.24) is 0 Å². The number of phenolic OH excluding ortho intramolecular Hbond substituents is 38. The number of rotatable bonds is 12. The SMILES string of the molecule is O=C(c1cc(O)c(O)c(O)c1)c1cc(O)c(O)cc1O.O=C(c1cc(O)c(O)c(O)c1)c1cc(O)c(O)cc1O.O=C(c1cc(O)c(O)c(O)c1)c1cc(O)cc(O)c1O.O=C(c1cc(O)c(O)cc1O)c1c(O)c(O)c(O)c(O)c1O.O=C(c1cc(O)c(O)cc1O)c1c(O)ccc(O)c1O.O=C(c1cc(O)c(O)cc1O)c1cc(O)cc(O)c1O. The van der Waals surface area contributed by atoms with Crippen LogP contribution in [0.5, 0.6) is 218 Å². The van der Waals surface area contributed by atoms with E-state index < -0.39 is 292 Å². The minimum atomic E-state index is -1.30. The monoisotopic (exact) mass is 1700 g/mol. The summed E-state index contributed by atoms with van der Waals surface area (Å²) >= 11 is 0.